The highest BCUT2D eigenvalue weighted by Crippen LogP contribution is 2.38. The molecule has 1 saturated carbocycles. The van der Waals surface area contributed by atoms with Crippen molar-refractivity contribution in [1.82, 2.24) is 15.3 Å². The molecule has 0 aromatic carbocycles. The van der Waals surface area contributed by atoms with Gasteiger partial charge in [-0.2, -0.15) is 0 Å². The normalized spacial score (nSPS) is 21.9. The molecule has 0 saturated heterocycles. The van der Waals surface area contributed by atoms with Gasteiger partial charge in [-0.25, -0.2) is 0 Å². The first-order valence-electron chi connectivity index (χ1n) is 9.28. The van der Waals surface area contributed by atoms with Crippen LogP contribution in [0, 0.1) is 5.92 Å². The molecule has 27 heavy (non-hydrogen) atoms. The summed E-state index contributed by atoms with van der Waals surface area (Å²) < 4.78 is 5.24. The predicted octanol–water partition coefficient (Wildman–Crippen LogP) is 1.51. The van der Waals surface area contributed by atoms with Crippen molar-refractivity contribution in [3.63, 3.8) is 0 Å². The lowest BCUT2D eigenvalue weighted by Crippen LogP contribution is -2.42. The third-order valence-corrected chi connectivity index (χ3v) is 5.57. The number of carbonyl (C=O) groups is 1. The first-order valence-corrected chi connectivity index (χ1v) is 9.28. The fourth-order valence-electron chi connectivity index (χ4n) is 3.99. The molecule has 1 fully saturated rings. The number of rotatable bonds is 5. The fraction of sp³-hybridized carbons (Fsp3) is 0.450. The molecule has 142 valence electrons. The minimum absolute atomic E-state index is 0.0892. The summed E-state index contributed by atoms with van der Waals surface area (Å²) in [5.41, 5.74) is 2.56. The summed E-state index contributed by atoms with van der Waals surface area (Å²) in [4.78, 5) is 32.3. The van der Waals surface area contributed by atoms with Gasteiger partial charge in [-0.15, -0.1) is 0 Å². The maximum atomic E-state index is 12.9. The Labute approximate surface area is 156 Å². The van der Waals surface area contributed by atoms with E-state index in [1.165, 1.54) is 0 Å². The minimum atomic E-state index is -0.403. The van der Waals surface area contributed by atoms with Crippen molar-refractivity contribution in [1.29, 1.82) is 0 Å². The van der Waals surface area contributed by atoms with Crippen LogP contribution in [-0.2, 0) is 12.8 Å². The van der Waals surface area contributed by atoms with Gasteiger partial charge < -0.3 is 20.1 Å². The number of nitrogens with one attached hydrogen (secondary N) is 2. The number of aromatic amines is 1. The average molecular weight is 369 g/mol. The van der Waals surface area contributed by atoms with Crippen molar-refractivity contribution in [3.8, 4) is 5.75 Å². The summed E-state index contributed by atoms with van der Waals surface area (Å²) in [7, 11) is 1.56. The SMILES string of the molecule is COc1cncc([C@H](NC(=O)c2cc3c([nH]c2=O)CCC3)C2CC(O)C2)c1. The van der Waals surface area contributed by atoms with E-state index in [4.69, 9.17) is 4.74 Å². The van der Waals surface area contributed by atoms with Crippen molar-refractivity contribution in [2.24, 2.45) is 5.92 Å². The van der Waals surface area contributed by atoms with Crippen LogP contribution in [0.3, 0.4) is 0 Å². The highest BCUT2D eigenvalue weighted by Gasteiger charge is 2.36. The number of aliphatic hydroxyl groups is 1. The smallest absolute Gasteiger partial charge is 0.261 e. The van der Waals surface area contributed by atoms with E-state index < -0.39 is 5.91 Å². The van der Waals surface area contributed by atoms with Crippen LogP contribution in [0.4, 0.5) is 0 Å². The molecule has 0 radical (unpaired) electrons. The van der Waals surface area contributed by atoms with Gasteiger partial charge >= 0.3 is 0 Å². The molecule has 3 N–H and O–H groups in total. The summed E-state index contributed by atoms with van der Waals surface area (Å²) in [6.45, 7) is 0. The molecule has 2 aromatic rings. The van der Waals surface area contributed by atoms with Gasteiger partial charge in [0.25, 0.3) is 11.5 Å². The van der Waals surface area contributed by atoms with Crippen molar-refractivity contribution < 1.29 is 14.6 Å². The molecular weight excluding hydrogens is 346 g/mol. The predicted molar refractivity (Wildman–Crippen MR) is 98.8 cm³/mol. The number of ether oxygens (including phenoxy) is 1. The second-order valence-electron chi connectivity index (χ2n) is 7.36. The van der Waals surface area contributed by atoms with Crippen LogP contribution in [0.25, 0.3) is 0 Å². The number of methoxy groups -OCH3 is 1. The first-order chi connectivity index (χ1) is 13.0. The number of amides is 1. The number of carbonyl (C=O) groups excluding carboxylic acids is 1. The lowest BCUT2D eigenvalue weighted by molar-refractivity contribution is 0.0234. The topological polar surface area (TPSA) is 104 Å². The Balaban J connectivity index is 1.62. The first kappa shape index (κ1) is 17.7. The lowest BCUT2D eigenvalue weighted by atomic mass is 9.75. The van der Waals surface area contributed by atoms with Gasteiger partial charge in [-0.3, -0.25) is 14.6 Å². The summed E-state index contributed by atoms with van der Waals surface area (Å²) >= 11 is 0. The minimum Gasteiger partial charge on any atom is -0.495 e. The molecular formula is C20H23N3O4. The van der Waals surface area contributed by atoms with Crippen LogP contribution in [0.5, 0.6) is 5.75 Å². The van der Waals surface area contributed by atoms with Gasteiger partial charge in [0.05, 0.1) is 25.5 Å². The van der Waals surface area contributed by atoms with Crippen molar-refractivity contribution in [2.45, 2.75) is 44.2 Å². The van der Waals surface area contributed by atoms with Crippen LogP contribution in [0.1, 0.15) is 52.5 Å². The molecule has 1 atom stereocenters. The number of aliphatic hydroxyl groups excluding tert-OH is 1. The largest absolute Gasteiger partial charge is 0.495 e. The second-order valence-corrected chi connectivity index (χ2v) is 7.36. The number of nitrogens with zero attached hydrogens (tertiary/aromatic N) is 1. The van der Waals surface area contributed by atoms with E-state index in [1.807, 2.05) is 6.07 Å². The van der Waals surface area contributed by atoms with Crippen molar-refractivity contribution in [2.75, 3.05) is 7.11 Å². The van der Waals surface area contributed by atoms with Gasteiger partial charge in [0.2, 0.25) is 0 Å². The maximum absolute atomic E-state index is 12.9. The summed E-state index contributed by atoms with van der Waals surface area (Å²) in [6, 6.07) is 3.21. The third-order valence-electron chi connectivity index (χ3n) is 5.57. The van der Waals surface area contributed by atoms with Crippen LogP contribution in [0.15, 0.2) is 29.3 Å². The number of hydrogen-bond donors (Lipinski definition) is 3. The van der Waals surface area contributed by atoms with Gasteiger partial charge in [0, 0.05) is 11.9 Å². The van der Waals surface area contributed by atoms with E-state index in [0.717, 1.165) is 36.1 Å². The Morgan fingerprint density at radius 3 is 2.89 bits per heavy atom. The molecule has 0 bridgehead atoms. The molecule has 0 unspecified atom stereocenters. The molecule has 2 aliphatic rings. The van der Waals surface area contributed by atoms with Gasteiger partial charge in [0.1, 0.15) is 11.3 Å². The van der Waals surface area contributed by atoms with Crippen LogP contribution in [0.2, 0.25) is 0 Å². The molecule has 2 heterocycles. The molecule has 7 heteroatoms. The van der Waals surface area contributed by atoms with Gasteiger partial charge in [-0.05, 0) is 61.3 Å². The van der Waals surface area contributed by atoms with Crippen molar-refractivity contribution in [3.05, 3.63) is 57.3 Å². The lowest BCUT2D eigenvalue weighted by Gasteiger charge is -2.38. The van der Waals surface area contributed by atoms with Crippen LogP contribution < -0.4 is 15.6 Å². The van der Waals surface area contributed by atoms with Crippen LogP contribution >= 0.6 is 0 Å². The Hall–Kier alpha value is -2.67. The highest BCUT2D eigenvalue weighted by molar-refractivity contribution is 5.94. The molecule has 1 amide bonds. The number of aryl methyl sites for hydroxylation is 2. The number of hydrogen-bond acceptors (Lipinski definition) is 5. The number of aromatic nitrogens is 2. The maximum Gasteiger partial charge on any atom is 0.261 e. The molecule has 4 rings (SSSR count). The Morgan fingerprint density at radius 2 is 2.15 bits per heavy atom. The fourth-order valence-corrected chi connectivity index (χ4v) is 3.99. The zero-order valence-electron chi connectivity index (χ0n) is 15.2. The molecule has 7 nitrogen and oxygen atoms in total. The third kappa shape index (κ3) is 3.47. The van der Waals surface area contributed by atoms with Crippen molar-refractivity contribution >= 4 is 5.91 Å². The number of H-pyrrole nitrogens is 1. The molecule has 0 spiro atoms. The second kappa shape index (κ2) is 7.15. The Morgan fingerprint density at radius 1 is 1.33 bits per heavy atom. The van der Waals surface area contributed by atoms with E-state index in [-0.39, 0.29) is 29.2 Å². The molecule has 2 aromatic heterocycles. The average Bonchev–Trinajstić information content (AvgIpc) is 3.10. The number of fused-ring (bicyclic) bond motifs is 1. The summed E-state index contributed by atoms with van der Waals surface area (Å²) in [5.74, 6) is 0.286. The monoisotopic (exact) mass is 369 g/mol. The van der Waals surface area contributed by atoms with E-state index >= 15 is 0 Å². The van der Waals surface area contributed by atoms with E-state index in [9.17, 15) is 14.7 Å². The van der Waals surface area contributed by atoms with Gasteiger partial charge in [0.15, 0.2) is 0 Å². The molecule has 0 aliphatic heterocycles. The Bertz CT molecular complexity index is 918. The summed E-state index contributed by atoms with van der Waals surface area (Å²) in [5, 5.41) is 12.7. The Kier molecular flexibility index (Phi) is 4.70. The zero-order chi connectivity index (χ0) is 19.0. The quantitative estimate of drug-likeness (QED) is 0.741. The van der Waals surface area contributed by atoms with E-state index in [1.54, 1.807) is 25.6 Å². The van der Waals surface area contributed by atoms with Gasteiger partial charge in [-0.1, -0.05) is 0 Å². The standard InChI is InChI=1S/C20H23N3O4/c1-27-15-7-13(9-21-10-15)18(12-5-14(24)6-12)23-20(26)16-8-11-3-2-4-17(11)22-19(16)25/h7-10,12,14,18,24H,2-6H2,1H3,(H,22,25)(H,23,26)/t12?,14?,18-/m1/s1. The molecule has 2 aliphatic carbocycles. The summed E-state index contributed by atoms with van der Waals surface area (Å²) in [6.07, 6.45) is 6.86. The highest BCUT2D eigenvalue weighted by atomic mass is 16.5. The van der Waals surface area contributed by atoms with E-state index in [0.29, 0.717) is 18.6 Å². The zero-order valence-corrected chi connectivity index (χ0v) is 15.2. The van der Waals surface area contributed by atoms with Crippen LogP contribution in [-0.4, -0.2) is 34.2 Å². The van der Waals surface area contributed by atoms with E-state index in [2.05, 4.69) is 15.3 Å². The number of pyridine rings is 2.